The number of amidine groups is 1. The number of hydrogen-bond acceptors (Lipinski definition) is 4. The predicted octanol–water partition coefficient (Wildman–Crippen LogP) is 0.521. The summed E-state index contributed by atoms with van der Waals surface area (Å²) in [5.41, 5.74) is 5.14. The summed E-state index contributed by atoms with van der Waals surface area (Å²) < 4.78 is 4.87. The fourth-order valence-corrected chi connectivity index (χ4v) is 0.830. The zero-order chi connectivity index (χ0) is 11.1. The molecule has 0 aliphatic heterocycles. The Morgan fingerprint density at radius 3 is 2.73 bits per heavy atom. The molecule has 0 atom stereocenters. The average molecular weight is 209 g/mol. The Balaban J connectivity index is 2.37. The van der Waals surface area contributed by atoms with Crippen LogP contribution in [0.25, 0.3) is 0 Å². The summed E-state index contributed by atoms with van der Waals surface area (Å²) in [4.78, 5) is 11.1. The van der Waals surface area contributed by atoms with E-state index >= 15 is 0 Å². The monoisotopic (exact) mass is 209 g/mol. The molecule has 0 unspecified atom stereocenters. The number of amides is 1. The Hall–Kier alpha value is -2.24. The first-order chi connectivity index (χ1) is 7.22. The third-order valence-corrected chi connectivity index (χ3v) is 1.50. The SMILES string of the molecule is N/C(CNC(=O)Oc1ccccc1)=N/O. The highest BCUT2D eigenvalue weighted by molar-refractivity contribution is 5.85. The van der Waals surface area contributed by atoms with Crippen molar-refractivity contribution >= 4 is 11.9 Å². The molecular weight excluding hydrogens is 198 g/mol. The van der Waals surface area contributed by atoms with Gasteiger partial charge in [-0.05, 0) is 12.1 Å². The van der Waals surface area contributed by atoms with E-state index in [0.29, 0.717) is 5.75 Å². The molecule has 0 heterocycles. The lowest BCUT2D eigenvalue weighted by Gasteiger charge is -2.04. The number of nitrogens with one attached hydrogen (secondary N) is 1. The molecule has 1 aromatic carbocycles. The van der Waals surface area contributed by atoms with Crippen LogP contribution in [0.15, 0.2) is 35.5 Å². The fourth-order valence-electron chi connectivity index (χ4n) is 0.830. The highest BCUT2D eigenvalue weighted by Crippen LogP contribution is 2.07. The molecule has 0 aliphatic carbocycles. The molecule has 1 aromatic rings. The molecule has 6 heteroatoms. The van der Waals surface area contributed by atoms with Crippen LogP contribution in [-0.2, 0) is 0 Å². The first-order valence-corrected chi connectivity index (χ1v) is 4.19. The van der Waals surface area contributed by atoms with E-state index in [9.17, 15) is 4.79 Å². The smallest absolute Gasteiger partial charge is 0.410 e. The van der Waals surface area contributed by atoms with Crippen LogP contribution < -0.4 is 15.8 Å². The predicted molar refractivity (Wildman–Crippen MR) is 53.9 cm³/mol. The van der Waals surface area contributed by atoms with Gasteiger partial charge in [0.25, 0.3) is 0 Å². The number of nitrogens with two attached hydrogens (primary N) is 1. The highest BCUT2D eigenvalue weighted by Gasteiger charge is 2.03. The summed E-state index contributed by atoms with van der Waals surface area (Å²) >= 11 is 0. The number of carbonyl (C=O) groups is 1. The second-order valence-corrected chi connectivity index (χ2v) is 2.65. The molecule has 1 amide bonds. The molecule has 0 spiro atoms. The van der Waals surface area contributed by atoms with Crippen LogP contribution >= 0.6 is 0 Å². The van der Waals surface area contributed by atoms with Crippen LogP contribution in [0.3, 0.4) is 0 Å². The van der Waals surface area contributed by atoms with Crippen molar-refractivity contribution in [3.63, 3.8) is 0 Å². The van der Waals surface area contributed by atoms with Gasteiger partial charge in [-0.15, -0.1) is 0 Å². The van der Waals surface area contributed by atoms with Crippen LogP contribution in [0.4, 0.5) is 4.79 Å². The zero-order valence-corrected chi connectivity index (χ0v) is 7.88. The van der Waals surface area contributed by atoms with E-state index in [2.05, 4.69) is 10.5 Å². The molecule has 0 radical (unpaired) electrons. The third-order valence-electron chi connectivity index (χ3n) is 1.50. The first-order valence-electron chi connectivity index (χ1n) is 4.19. The lowest BCUT2D eigenvalue weighted by atomic mass is 10.3. The van der Waals surface area contributed by atoms with Crippen molar-refractivity contribution in [2.24, 2.45) is 10.9 Å². The number of oxime groups is 1. The van der Waals surface area contributed by atoms with Crippen molar-refractivity contribution < 1.29 is 14.7 Å². The summed E-state index contributed by atoms with van der Waals surface area (Å²) in [6, 6.07) is 8.58. The highest BCUT2D eigenvalue weighted by atomic mass is 16.6. The van der Waals surface area contributed by atoms with Crippen LogP contribution in [0.5, 0.6) is 5.75 Å². The number of benzene rings is 1. The van der Waals surface area contributed by atoms with Crippen molar-refractivity contribution in [1.29, 1.82) is 0 Å². The summed E-state index contributed by atoms with van der Waals surface area (Å²) in [5, 5.41) is 13.2. The Kier molecular flexibility index (Phi) is 3.96. The lowest BCUT2D eigenvalue weighted by Crippen LogP contribution is -2.35. The van der Waals surface area contributed by atoms with Crippen molar-refractivity contribution in [1.82, 2.24) is 5.32 Å². The molecular formula is C9H11N3O3. The maximum absolute atomic E-state index is 11.1. The maximum Gasteiger partial charge on any atom is 0.412 e. The molecule has 15 heavy (non-hydrogen) atoms. The zero-order valence-electron chi connectivity index (χ0n) is 7.88. The Morgan fingerprint density at radius 2 is 2.13 bits per heavy atom. The lowest BCUT2D eigenvalue weighted by molar-refractivity contribution is 0.202. The van der Waals surface area contributed by atoms with E-state index in [-0.39, 0.29) is 12.4 Å². The molecule has 0 bridgehead atoms. The number of rotatable bonds is 3. The Labute approximate surface area is 86.3 Å². The molecule has 0 aromatic heterocycles. The number of hydrogen-bond donors (Lipinski definition) is 3. The second kappa shape index (κ2) is 5.48. The minimum atomic E-state index is -0.659. The normalized spacial score (nSPS) is 10.8. The van der Waals surface area contributed by atoms with Crippen LogP contribution in [-0.4, -0.2) is 23.7 Å². The Bertz CT molecular complexity index is 351. The van der Waals surface area contributed by atoms with Crippen molar-refractivity contribution in [3.05, 3.63) is 30.3 Å². The fraction of sp³-hybridized carbons (Fsp3) is 0.111. The van der Waals surface area contributed by atoms with Gasteiger partial charge in [0.2, 0.25) is 0 Å². The molecule has 0 aliphatic rings. The van der Waals surface area contributed by atoms with Crippen molar-refractivity contribution in [2.75, 3.05) is 6.54 Å². The number of carbonyl (C=O) groups excluding carboxylic acids is 1. The van der Waals surface area contributed by atoms with Gasteiger partial charge < -0.3 is 21.0 Å². The molecule has 4 N–H and O–H groups in total. The van der Waals surface area contributed by atoms with E-state index in [1.54, 1.807) is 30.3 Å². The molecule has 1 rings (SSSR count). The number of nitrogens with zero attached hydrogens (tertiary/aromatic N) is 1. The third kappa shape index (κ3) is 3.99. The molecule has 6 nitrogen and oxygen atoms in total. The standard InChI is InChI=1S/C9H11N3O3/c10-8(12-14)6-11-9(13)15-7-4-2-1-3-5-7/h1-5,14H,6H2,(H2,10,12)(H,11,13). The number of para-hydroxylation sites is 1. The molecule has 0 saturated heterocycles. The maximum atomic E-state index is 11.1. The average Bonchev–Trinajstić information content (AvgIpc) is 2.27. The summed E-state index contributed by atoms with van der Waals surface area (Å²) in [5.74, 6) is 0.328. The molecule has 80 valence electrons. The second-order valence-electron chi connectivity index (χ2n) is 2.65. The van der Waals surface area contributed by atoms with E-state index < -0.39 is 6.09 Å². The van der Waals surface area contributed by atoms with Gasteiger partial charge in [-0.2, -0.15) is 0 Å². The minimum Gasteiger partial charge on any atom is -0.410 e. The van der Waals surface area contributed by atoms with Crippen molar-refractivity contribution in [3.8, 4) is 5.75 Å². The van der Waals surface area contributed by atoms with E-state index in [1.165, 1.54) is 0 Å². The largest absolute Gasteiger partial charge is 0.412 e. The summed E-state index contributed by atoms with van der Waals surface area (Å²) in [6.45, 7) is -0.0673. The molecule has 0 saturated carbocycles. The van der Waals surface area contributed by atoms with Gasteiger partial charge in [0.15, 0.2) is 5.84 Å². The van der Waals surface area contributed by atoms with Crippen LogP contribution in [0, 0.1) is 0 Å². The quantitative estimate of drug-likeness (QED) is 0.292. The van der Waals surface area contributed by atoms with Gasteiger partial charge in [-0.3, -0.25) is 0 Å². The summed E-state index contributed by atoms with van der Waals surface area (Å²) in [7, 11) is 0. The summed E-state index contributed by atoms with van der Waals surface area (Å²) in [6.07, 6.45) is -0.659. The number of ether oxygens (including phenoxy) is 1. The van der Waals surface area contributed by atoms with Gasteiger partial charge >= 0.3 is 6.09 Å². The van der Waals surface area contributed by atoms with Crippen molar-refractivity contribution in [2.45, 2.75) is 0 Å². The Morgan fingerprint density at radius 1 is 1.47 bits per heavy atom. The van der Waals surface area contributed by atoms with Gasteiger partial charge in [0, 0.05) is 0 Å². The van der Waals surface area contributed by atoms with Gasteiger partial charge in [0.05, 0.1) is 6.54 Å². The minimum absolute atomic E-state index is 0.0673. The van der Waals surface area contributed by atoms with E-state index in [1.807, 2.05) is 0 Å². The van der Waals surface area contributed by atoms with Gasteiger partial charge in [-0.1, -0.05) is 23.4 Å². The van der Waals surface area contributed by atoms with Gasteiger partial charge in [-0.25, -0.2) is 4.79 Å². The van der Waals surface area contributed by atoms with E-state index in [0.717, 1.165) is 0 Å². The van der Waals surface area contributed by atoms with Crippen LogP contribution in [0.1, 0.15) is 0 Å². The van der Waals surface area contributed by atoms with E-state index in [4.69, 9.17) is 15.7 Å². The topological polar surface area (TPSA) is 96.9 Å². The van der Waals surface area contributed by atoms with Gasteiger partial charge in [0.1, 0.15) is 5.75 Å². The molecule has 0 fully saturated rings. The van der Waals surface area contributed by atoms with Crippen LogP contribution in [0.2, 0.25) is 0 Å². The first kappa shape index (κ1) is 10.8.